The number of esters is 1. The number of carbonyl (C=O) groups excluding carboxylic acids is 3. The third-order valence-electron chi connectivity index (χ3n) is 3.59. The number of amides is 3. The van der Waals surface area contributed by atoms with E-state index in [4.69, 9.17) is 4.74 Å². The lowest BCUT2D eigenvalue weighted by atomic mass is 10.1. The molecule has 0 bridgehead atoms. The molecule has 0 fully saturated rings. The zero-order valence-corrected chi connectivity index (χ0v) is 14.0. The number of pyridine rings is 1. The number of rotatable bonds is 4. The van der Waals surface area contributed by atoms with Gasteiger partial charge in [-0.2, -0.15) is 0 Å². The topological polar surface area (TPSA) is 117 Å². The van der Waals surface area contributed by atoms with Crippen LogP contribution in [0.4, 0.5) is 10.5 Å². The second-order valence-corrected chi connectivity index (χ2v) is 5.54. The highest BCUT2D eigenvalue weighted by Gasteiger charge is 2.14. The number of benzene rings is 2. The summed E-state index contributed by atoms with van der Waals surface area (Å²) in [6.07, 6.45) is 0. The summed E-state index contributed by atoms with van der Waals surface area (Å²) < 4.78 is 4.84. The molecule has 27 heavy (non-hydrogen) atoms. The van der Waals surface area contributed by atoms with Crippen LogP contribution in [-0.4, -0.2) is 29.5 Å². The number of H-pyrrole nitrogens is 1. The van der Waals surface area contributed by atoms with Gasteiger partial charge in [0, 0.05) is 11.1 Å². The van der Waals surface area contributed by atoms with Crippen molar-refractivity contribution in [2.24, 2.45) is 0 Å². The van der Waals surface area contributed by atoms with Crippen LogP contribution >= 0.6 is 0 Å². The Kier molecular flexibility index (Phi) is 5.27. The van der Waals surface area contributed by atoms with Crippen molar-refractivity contribution >= 4 is 34.4 Å². The first kappa shape index (κ1) is 17.9. The number of nitrogens with one attached hydrogen (secondary N) is 3. The Morgan fingerprint density at radius 1 is 0.963 bits per heavy atom. The molecule has 2 aromatic carbocycles. The van der Waals surface area contributed by atoms with Crippen molar-refractivity contribution in [2.75, 3.05) is 11.9 Å². The summed E-state index contributed by atoms with van der Waals surface area (Å²) in [6, 6.07) is 16.0. The molecule has 1 heterocycles. The third kappa shape index (κ3) is 4.57. The lowest BCUT2D eigenvalue weighted by molar-refractivity contribution is -0.123. The summed E-state index contributed by atoms with van der Waals surface area (Å²) >= 11 is 0. The monoisotopic (exact) mass is 365 g/mol. The molecule has 0 atom stereocenters. The quantitative estimate of drug-likeness (QED) is 0.612. The number of fused-ring (bicyclic) bond motifs is 1. The first-order chi connectivity index (χ1) is 13.0. The maximum absolute atomic E-state index is 12.0. The highest BCUT2D eigenvalue weighted by Crippen LogP contribution is 2.10. The van der Waals surface area contributed by atoms with E-state index in [0.29, 0.717) is 16.5 Å². The normalized spacial score (nSPS) is 10.2. The van der Waals surface area contributed by atoms with Crippen molar-refractivity contribution < 1.29 is 19.1 Å². The van der Waals surface area contributed by atoms with Crippen LogP contribution in [0.5, 0.6) is 0 Å². The molecule has 8 heteroatoms. The maximum Gasteiger partial charge on any atom is 0.355 e. The highest BCUT2D eigenvalue weighted by atomic mass is 16.5. The van der Waals surface area contributed by atoms with E-state index >= 15 is 0 Å². The van der Waals surface area contributed by atoms with Gasteiger partial charge in [-0.05, 0) is 29.7 Å². The molecule has 8 nitrogen and oxygen atoms in total. The molecular formula is C19H15N3O5. The van der Waals surface area contributed by atoms with Crippen molar-refractivity contribution in [3.8, 4) is 0 Å². The van der Waals surface area contributed by atoms with Crippen LogP contribution in [0.25, 0.3) is 10.8 Å². The summed E-state index contributed by atoms with van der Waals surface area (Å²) in [7, 11) is 0. The Balaban J connectivity index is 1.56. The van der Waals surface area contributed by atoms with E-state index in [1.165, 1.54) is 6.07 Å². The first-order valence-electron chi connectivity index (χ1n) is 7.98. The first-order valence-corrected chi connectivity index (χ1v) is 7.98. The minimum atomic E-state index is -0.878. The zero-order chi connectivity index (χ0) is 19.2. The van der Waals surface area contributed by atoms with E-state index in [0.717, 1.165) is 0 Å². The Labute approximate surface area is 153 Å². The van der Waals surface area contributed by atoms with Crippen molar-refractivity contribution in [3.63, 3.8) is 0 Å². The molecule has 1 aromatic heterocycles. The number of carbonyl (C=O) groups is 3. The molecule has 0 aliphatic heterocycles. The van der Waals surface area contributed by atoms with Gasteiger partial charge in [-0.15, -0.1) is 0 Å². The number of ether oxygens (including phenoxy) is 1. The lowest BCUT2D eigenvalue weighted by Crippen LogP contribution is -2.37. The third-order valence-corrected chi connectivity index (χ3v) is 3.59. The fraction of sp³-hybridized carbons (Fsp3) is 0.0526. The van der Waals surface area contributed by atoms with E-state index < -0.39 is 30.1 Å². The van der Waals surface area contributed by atoms with Gasteiger partial charge in [0.05, 0.1) is 0 Å². The van der Waals surface area contributed by atoms with Crippen LogP contribution in [0.2, 0.25) is 0 Å². The van der Waals surface area contributed by atoms with Crippen molar-refractivity contribution in [1.82, 2.24) is 10.3 Å². The minimum Gasteiger partial charge on any atom is -0.451 e. The molecular weight excluding hydrogens is 350 g/mol. The van der Waals surface area contributed by atoms with E-state index in [-0.39, 0.29) is 5.69 Å². The van der Waals surface area contributed by atoms with Gasteiger partial charge in [-0.25, -0.2) is 9.59 Å². The predicted molar refractivity (Wildman–Crippen MR) is 98.5 cm³/mol. The average molecular weight is 365 g/mol. The van der Waals surface area contributed by atoms with Crippen molar-refractivity contribution in [3.05, 3.63) is 76.7 Å². The fourth-order valence-electron chi connectivity index (χ4n) is 2.38. The van der Waals surface area contributed by atoms with Crippen LogP contribution in [0, 0.1) is 0 Å². The molecule has 0 saturated heterocycles. The van der Waals surface area contributed by atoms with Crippen LogP contribution in [0.3, 0.4) is 0 Å². The van der Waals surface area contributed by atoms with Gasteiger partial charge < -0.3 is 15.0 Å². The molecule has 3 N–H and O–H groups in total. The van der Waals surface area contributed by atoms with Gasteiger partial charge >= 0.3 is 12.0 Å². The molecule has 136 valence electrons. The molecule has 3 rings (SSSR count). The number of para-hydroxylation sites is 1. The average Bonchev–Trinajstić information content (AvgIpc) is 2.66. The van der Waals surface area contributed by atoms with E-state index in [9.17, 15) is 19.2 Å². The maximum atomic E-state index is 12.0. The summed E-state index contributed by atoms with van der Waals surface area (Å²) in [5.41, 5.74) is -0.0134. The van der Waals surface area contributed by atoms with Gasteiger partial charge in [0.25, 0.3) is 11.5 Å². The van der Waals surface area contributed by atoms with Gasteiger partial charge in [0.2, 0.25) is 0 Å². The lowest BCUT2D eigenvalue weighted by Gasteiger charge is -2.08. The summed E-state index contributed by atoms with van der Waals surface area (Å²) in [4.78, 5) is 49.9. The Morgan fingerprint density at radius 3 is 2.44 bits per heavy atom. The highest BCUT2D eigenvalue weighted by molar-refractivity contribution is 6.02. The Morgan fingerprint density at radius 2 is 1.67 bits per heavy atom. The molecule has 0 unspecified atom stereocenters. The second-order valence-electron chi connectivity index (χ2n) is 5.54. The van der Waals surface area contributed by atoms with Crippen molar-refractivity contribution in [2.45, 2.75) is 0 Å². The summed E-state index contributed by atoms with van der Waals surface area (Å²) in [5, 5.41) is 5.50. The SMILES string of the molecule is O=C(COC(=O)c1cc2ccccc2c(=O)[nH]1)NC(=O)Nc1ccccc1. The predicted octanol–water partition coefficient (Wildman–Crippen LogP) is 2.03. The van der Waals surface area contributed by atoms with Gasteiger partial charge in [0.1, 0.15) is 5.69 Å². The standard InChI is InChI=1S/C19H15N3O5/c23-16(22-19(26)20-13-7-2-1-3-8-13)11-27-18(25)15-10-12-6-4-5-9-14(12)17(24)21-15/h1-10H,11H2,(H,21,24)(H2,20,22,23,26). The van der Waals surface area contributed by atoms with Gasteiger partial charge in [0.15, 0.2) is 6.61 Å². The molecule has 0 aliphatic rings. The number of aromatic amines is 1. The number of hydrogen-bond acceptors (Lipinski definition) is 5. The summed E-state index contributed by atoms with van der Waals surface area (Å²) in [6.45, 7) is -0.671. The van der Waals surface area contributed by atoms with Gasteiger partial charge in [-0.1, -0.05) is 36.4 Å². The Hall–Kier alpha value is -3.94. The molecule has 0 saturated carbocycles. The van der Waals surface area contributed by atoms with Gasteiger partial charge in [-0.3, -0.25) is 14.9 Å². The number of imide groups is 1. The van der Waals surface area contributed by atoms with E-state index in [1.807, 2.05) is 5.32 Å². The molecule has 0 radical (unpaired) electrons. The fourth-order valence-corrected chi connectivity index (χ4v) is 2.38. The molecule has 3 amide bonds. The van der Waals surface area contributed by atoms with Crippen LogP contribution in [0.15, 0.2) is 65.5 Å². The number of hydrogen-bond donors (Lipinski definition) is 3. The zero-order valence-electron chi connectivity index (χ0n) is 14.0. The van der Waals surface area contributed by atoms with E-state index in [1.54, 1.807) is 54.6 Å². The largest absolute Gasteiger partial charge is 0.451 e. The smallest absolute Gasteiger partial charge is 0.355 e. The molecule has 3 aromatic rings. The van der Waals surface area contributed by atoms with Crippen molar-refractivity contribution in [1.29, 1.82) is 0 Å². The summed E-state index contributed by atoms with van der Waals surface area (Å²) in [5.74, 6) is -1.68. The van der Waals surface area contributed by atoms with E-state index in [2.05, 4.69) is 10.3 Å². The number of anilines is 1. The minimum absolute atomic E-state index is 0.0831. The molecule has 0 aliphatic carbocycles. The number of urea groups is 1. The molecule has 0 spiro atoms. The van der Waals surface area contributed by atoms with Crippen LogP contribution < -0.4 is 16.2 Å². The van der Waals surface area contributed by atoms with Crippen LogP contribution in [-0.2, 0) is 9.53 Å². The van der Waals surface area contributed by atoms with Crippen LogP contribution in [0.1, 0.15) is 10.5 Å². The second kappa shape index (κ2) is 7.96. The number of aromatic nitrogens is 1. The Bertz CT molecular complexity index is 1060.